The molecule has 3 aliphatic carbocycles. The van der Waals surface area contributed by atoms with Crippen LogP contribution in [0.15, 0.2) is 78.9 Å². The van der Waals surface area contributed by atoms with Crippen LogP contribution in [0.25, 0.3) is 0 Å². The summed E-state index contributed by atoms with van der Waals surface area (Å²) in [4.78, 5) is 26.0. The smallest absolute Gasteiger partial charge is 0.338 e. The van der Waals surface area contributed by atoms with E-state index in [1.54, 1.807) is 24.3 Å². The molecule has 6 rings (SSSR count). The normalized spacial score (nSPS) is 28.8. The molecule has 166 valence electrons. The van der Waals surface area contributed by atoms with Crippen LogP contribution < -0.4 is 0 Å². The number of rotatable bonds is 4. The van der Waals surface area contributed by atoms with Gasteiger partial charge in [0.1, 0.15) is 12.2 Å². The molecule has 0 aromatic heterocycles. The second kappa shape index (κ2) is 8.28. The van der Waals surface area contributed by atoms with Crippen molar-refractivity contribution in [1.82, 2.24) is 0 Å². The Kier molecular flexibility index (Phi) is 5.24. The first kappa shape index (κ1) is 20.9. The Morgan fingerprint density at radius 2 is 1.30 bits per heavy atom. The third-order valence-corrected chi connectivity index (χ3v) is 8.28. The molecule has 0 heterocycles. The first-order chi connectivity index (χ1) is 16.1. The molecule has 6 unspecified atom stereocenters. The molecule has 2 saturated carbocycles. The van der Waals surface area contributed by atoms with Gasteiger partial charge in [0.15, 0.2) is 0 Å². The lowest BCUT2D eigenvalue weighted by atomic mass is 9.76. The van der Waals surface area contributed by atoms with Gasteiger partial charge in [-0.05, 0) is 94.8 Å². The highest BCUT2D eigenvalue weighted by Gasteiger charge is 2.63. The molecule has 3 aromatic rings. The number of hydrogen-bond donors (Lipinski definition) is 0. The maximum absolute atomic E-state index is 13.0. The van der Waals surface area contributed by atoms with Gasteiger partial charge in [0, 0.05) is 15.4 Å². The van der Waals surface area contributed by atoms with E-state index in [-0.39, 0.29) is 23.8 Å². The standard InChI is InChI=1S/C28H23IO4/c29-19-11-12-20-18(13-19)14-21-22-15-23(24(20)21)26(33-28(31)17-9-5-2-6-10-17)25(22)32-27(30)16-7-3-1-4-8-16/h1-13,21-26H,14-15H2. The zero-order valence-corrected chi connectivity index (χ0v) is 20.1. The van der Waals surface area contributed by atoms with E-state index >= 15 is 0 Å². The lowest BCUT2D eigenvalue weighted by molar-refractivity contribution is -0.0698. The van der Waals surface area contributed by atoms with Gasteiger partial charge in [0.05, 0.1) is 11.1 Å². The highest BCUT2D eigenvalue weighted by Crippen LogP contribution is 2.62. The van der Waals surface area contributed by atoms with Crippen molar-refractivity contribution in [2.24, 2.45) is 17.8 Å². The molecule has 3 aromatic carbocycles. The summed E-state index contributed by atoms with van der Waals surface area (Å²) < 4.78 is 13.4. The van der Waals surface area contributed by atoms with Crippen LogP contribution in [-0.4, -0.2) is 24.1 Å². The molecule has 0 spiro atoms. The third kappa shape index (κ3) is 3.57. The second-order valence-electron chi connectivity index (χ2n) is 9.27. The van der Waals surface area contributed by atoms with Gasteiger partial charge in [-0.15, -0.1) is 0 Å². The molecule has 2 fully saturated rings. The Bertz CT molecular complexity index is 1210. The summed E-state index contributed by atoms with van der Waals surface area (Å²) in [5.74, 6) is 0.404. The third-order valence-electron chi connectivity index (χ3n) is 7.61. The van der Waals surface area contributed by atoms with Crippen LogP contribution in [0.4, 0.5) is 0 Å². The van der Waals surface area contributed by atoms with Gasteiger partial charge in [-0.3, -0.25) is 0 Å². The van der Waals surface area contributed by atoms with Crippen LogP contribution in [0.1, 0.15) is 44.2 Å². The van der Waals surface area contributed by atoms with Gasteiger partial charge in [0.2, 0.25) is 0 Å². The van der Waals surface area contributed by atoms with E-state index in [0.29, 0.717) is 23.0 Å². The van der Waals surface area contributed by atoms with Crippen molar-refractivity contribution >= 4 is 34.5 Å². The van der Waals surface area contributed by atoms with Gasteiger partial charge in [-0.25, -0.2) is 9.59 Å². The summed E-state index contributed by atoms with van der Waals surface area (Å²) in [7, 11) is 0. The maximum atomic E-state index is 13.0. The van der Waals surface area contributed by atoms with E-state index in [0.717, 1.165) is 12.8 Å². The number of esters is 2. The number of carbonyl (C=O) groups is 2. The van der Waals surface area contributed by atoms with E-state index in [1.807, 2.05) is 36.4 Å². The lowest BCUT2D eigenvalue weighted by Gasteiger charge is -2.37. The molecule has 2 bridgehead atoms. The van der Waals surface area contributed by atoms with E-state index in [2.05, 4.69) is 40.8 Å². The monoisotopic (exact) mass is 550 g/mol. The number of halogens is 1. The molecule has 0 radical (unpaired) electrons. The van der Waals surface area contributed by atoms with Crippen LogP contribution in [0.3, 0.4) is 0 Å². The van der Waals surface area contributed by atoms with E-state index in [9.17, 15) is 9.59 Å². The first-order valence-corrected chi connectivity index (χ1v) is 12.5. The number of hydrogen-bond acceptors (Lipinski definition) is 4. The zero-order valence-electron chi connectivity index (χ0n) is 17.9. The van der Waals surface area contributed by atoms with E-state index in [4.69, 9.17) is 9.47 Å². The van der Waals surface area contributed by atoms with Gasteiger partial charge >= 0.3 is 11.9 Å². The molecule has 0 amide bonds. The average Bonchev–Trinajstić information content (AvgIpc) is 3.49. The summed E-state index contributed by atoms with van der Waals surface area (Å²) in [5.41, 5.74) is 3.80. The fourth-order valence-corrected chi connectivity index (χ4v) is 6.89. The quantitative estimate of drug-likeness (QED) is 0.312. The van der Waals surface area contributed by atoms with Gasteiger partial charge in [-0.1, -0.05) is 42.5 Å². The summed E-state index contributed by atoms with van der Waals surface area (Å²) in [6.07, 6.45) is 1.05. The number of fused-ring (bicyclic) bond motifs is 7. The van der Waals surface area contributed by atoms with Gasteiger partial charge < -0.3 is 9.47 Å². The molecule has 33 heavy (non-hydrogen) atoms. The van der Waals surface area contributed by atoms with E-state index in [1.165, 1.54) is 14.7 Å². The molecular weight excluding hydrogens is 527 g/mol. The van der Waals surface area contributed by atoms with Crippen LogP contribution >= 0.6 is 22.6 Å². The Balaban J connectivity index is 1.32. The topological polar surface area (TPSA) is 52.6 Å². The Morgan fingerprint density at radius 1 is 0.727 bits per heavy atom. The molecule has 3 aliphatic rings. The fourth-order valence-electron chi connectivity index (χ4n) is 6.33. The van der Waals surface area contributed by atoms with Crippen LogP contribution in [0.5, 0.6) is 0 Å². The van der Waals surface area contributed by atoms with Crippen molar-refractivity contribution in [3.63, 3.8) is 0 Å². The van der Waals surface area contributed by atoms with Crippen molar-refractivity contribution in [3.8, 4) is 0 Å². The number of benzene rings is 3. The number of carbonyl (C=O) groups excluding carboxylic acids is 2. The highest BCUT2D eigenvalue weighted by molar-refractivity contribution is 14.1. The fraction of sp³-hybridized carbons (Fsp3) is 0.286. The van der Waals surface area contributed by atoms with Gasteiger partial charge in [0.25, 0.3) is 0 Å². The summed E-state index contributed by atoms with van der Waals surface area (Å²) in [6, 6.07) is 24.8. The lowest BCUT2D eigenvalue weighted by Crippen LogP contribution is -2.45. The minimum absolute atomic E-state index is 0.155. The van der Waals surface area contributed by atoms with Crippen LogP contribution in [-0.2, 0) is 15.9 Å². The minimum Gasteiger partial charge on any atom is -0.455 e. The predicted octanol–water partition coefficient (Wildman–Crippen LogP) is 5.65. The molecular formula is C28H23IO4. The second-order valence-corrected chi connectivity index (χ2v) is 10.5. The van der Waals surface area contributed by atoms with Crippen molar-refractivity contribution < 1.29 is 19.1 Å². The predicted molar refractivity (Wildman–Crippen MR) is 132 cm³/mol. The SMILES string of the molecule is O=C(OC1C2CC(C1OC(=O)c1ccccc1)C1c3ccc(I)cc3CC21)c1ccccc1. The molecule has 6 atom stereocenters. The molecule has 0 N–H and O–H groups in total. The Hall–Kier alpha value is -2.67. The Morgan fingerprint density at radius 3 is 1.91 bits per heavy atom. The Labute approximate surface area is 206 Å². The molecule has 0 saturated heterocycles. The number of ether oxygens (including phenoxy) is 2. The van der Waals surface area contributed by atoms with Crippen molar-refractivity contribution in [3.05, 3.63) is 105 Å². The maximum Gasteiger partial charge on any atom is 0.338 e. The van der Waals surface area contributed by atoms with E-state index < -0.39 is 12.2 Å². The largest absolute Gasteiger partial charge is 0.455 e. The molecule has 0 aliphatic heterocycles. The summed E-state index contributed by atoms with van der Waals surface area (Å²) >= 11 is 2.36. The van der Waals surface area contributed by atoms with Crippen LogP contribution in [0, 0.1) is 21.3 Å². The summed E-state index contributed by atoms with van der Waals surface area (Å²) in [5, 5.41) is 0. The van der Waals surface area contributed by atoms with Crippen LogP contribution in [0.2, 0.25) is 0 Å². The highest BCUT2D eigenvalue weighted by atomic mass is 127. The summed E-state index contributed by atoms with van der Waals surface area (Å²) in [6.45, 7) is 0. The van der Waals surface area contributed by atoms with Crippen molar-refractivity contribution in [2.75, 3.05) is 0 Å². The molecule has 5 heteroatoms. The van der Waals surface area contributed by atoms with Crippen molar-refractivity contribution in [2.45, 2.75) is 31.0 Å². The average molecular weight is 550 g/mol. The van der Waals surface area contributed by atoms with Gasteiger partial charge in [-0.2, -0.15) is 0 Å². The zero-order chi connectivity index (χ0) is 22.5. The minimum atomic E-state index is -0.443. The first-order valence-electron chi connectivity index (χ1n) is 11.4. The molecule has 4 nitrogen and oxygen atoms in total. The van der Waals surface area contributed by atoms with Crippen molar-refractivity contribution in [1.29, 1.82) is 0 Å².